The van der Waals surface area contributed by atoms with Gasteiger partial charge in [0.15, 0.2) is 0 Å². The van der Waals surface area contributed by atoms with Crippen LogP contribution < -0.4 is 16.0 Å². The molecule has 1 unspecified atom stereocenters. The van der Waals surface area contributed by atoms with E-state index in [4.69, 9.17) is 0 Å². The zero-order valence-corrected chi connectivity index (χ0v) is 7.21. The lowest BCUT2D eigenvalue weighted by Crippen LogP contribution is -2.59. The number of hydrogen-bond donors (Lipinski definition) is 3. The van der Waals surface area contributed by atoms with E-state index in [1.165, 1.54) is 0 Å². The Bertz CT molecular complexity index is 162. The van der Waals surface area contributed by atoms with E-state index >= 15 is 0 Å². The first-order valence-electron chi connectivity index (χ1n) is 4.56. The lowest BCUT2D eigenvalue weighted by Gasteiger charge is -2.36. The van der Waals surface area contributed by atoms with E-state index in [0.29, 0.717) is 6.29 Å². The van der Waals surface area contributed by atoms with Crippen LogP contribution in [0.1, 0.15) is 0 Å². The van der Waals surface area contributed by atoms with E-state index in [0.717, 1.165) is 32.7 Å². The molecule has 0 saturated carbocycles. The molecule has 2 aliphatic heterocycles. The minimum absolute atomic E-state index is 0.345. The second-order valence-electron chi connectivity index (χ2n) is 3.17. The van der Waals surface area contributed by atoms with Crippen molar-refractivity contribution in [3.63, 3.8) is 0 Å². The minimum atomic E-state index is 0.345. The van der Waals surface area contributed by atoms with Gasteiger partial charge in [0, 0.05) is 32.7 Å². The van der Waals surface area contributed by atoms with Crippen LogP contribution in [-0.2, 0) is 0 Å². The summed E-state index contributed by atoms with van der Waals surface area (Å²) in [4.78, 5) is 2.42. The zero-order valence-electron chi connectivity index (χ0n) is 7.21. The standard InChI is InChI=1S/C8H16N4/c1-2-10-8(11-3-1)12-6-4-9-5-7-12/h1-2,8-11H,3-7H2. The molecular formula is C8H16N4. The summed E-state index contributed by atoms with van der Waals surface area (Å²) in [5.41, 5.74) is 0. The van der Waals surface area contributed by atoms with Crippen molar-refractivity contribution in [1.82, 2.24) is 20.9 Å². The molecule has 0 aromatic heterocycles. The Morgan fingerprint density at radius 1 is 1.25 bits per heavy atom. The van der Waals surface area contributed by atoms with E-state index in [2.05, 4.69) is 26.9 Å². The molecule has 0 aliphatic carbocycles. The SMILES string of the molecule is C1=CNC(N2CCNCC2)NC1. The molecule has 0 amide bonds. The van der Waals surface area contributed by atoms with Crippen molar-refractivity contribution in [1.29, 1.82) is 0 Å². The summed E-state index contributed by atoms with van der Waals surface area (Å²) >= 11 is 0. The predicted molar refractivity (Wildman–Crippen MR) is 48.5 cm³/mol. The first-order valence-corrected chi connectivity index (χ1v) is 4.56. The fourth-order valence-corrected chi connectivity index (χ4v) is 1.63. The van der Waals surface area contributed by atoms with Gasteiger partial charge in [-0.3, -0.25) is 10.2 Å². The van der Waals surface area contributed by atoms with Crippen LogP contribution in [0.3, 0.4) is 0 Å². The fourth-order valence-electron chi connectivity index (χ4n) is 1.63. The largest absolute Gasteiger partial charge is 0.364 e. The maximum Gasteiger partial charge on any atom is 0.134 e. The molecule has 0 radical (unpaired) electrons. The molecular weight excluding hydrogens is 152 g/mol. The molecule has 4 nitrogen and oxygen atoms in total. The Kier molecular flexibility index (Phi) is 2.60. The predicted octanol–water partition coefficient (Wildman–Crippen LogP) is -1.12. The third kappa shape index (κ3) is 1.77. The number of rotatable bonds is 1. The highest BCUT2D eigenvalue weighted by Gasteiger charge is 2.18. The van der Waals surface area contributed by atoms with Crippen LogP contribution in [0.5, 0.6) is 0 Å². The Morgan fingerprint density at radius 3 is 2.75 bits per heavy atom. The van der Waals surface area contributed by atoms with Crippen molar-refractivity contribution in [2.24, 2.45) is 0 Å². The topological polar surface area (TPSA) is 39.3 Å². The molecule has 12 heavy (non-hydrogen) atoms. The van der Waals surface area contributed by atoms with Gasteiger partial charge < -0.3 is 10.6 Å². The van der Waals surface area contributed by atoms with Gasteiger partial charge in [0.1, 0.15) is 6.29 Å². The van der Waals surface area contributed by atoms with Crippen LogP contribution in [0.15, 0.2) is 12.3 Å². The van der Waals surface area contributed by atoms with Crippen LogP contribution in [0.4, 0.5) is 0 Å². The van der Waals surface area contributed by atoms with Gasteiger partial charge >= 0.3 is 0 Å². The van der Waals surface area contributed by atoms with Gasteiger partial charge in [-0.05, 0) is 6.20 Å². The average molecular weight is 168 g/mol. The van der Waals surface area contributed by atoms with Gasteiger partial charge in [0.25, 0.3) is 0 Å². The summed E-state index contributed by atoms with van der Waals surface area (Å²) in [5.74, 6) is 0. The Hall–Kier alpha value is -0.580. The molecule has 4 heteroatoms. The summed E-state index contributed by atoms with van der Waals surface area (Å²) in [7, 11) is 0. The second kappa shape index (κ2) is 3.89. The van der Waals surface area contributed by atoms with Crippen molar-refractivity contribution in [2.75, 3.05) is 32.7 Å². The van der Waals surface area contributed by atoms with Gasteiger partial charge in [-0.15, -0.1) is 0 Å². The highest BCUT2D eigenvalue weighted by atomic mass is 15.4. The number of nitrogens with zero attached hydrogens (tertiary/aromatic N) is 1. The van der Waals surface area contributed by atoms with Gasteiger partial charge in [-0.2, -0.15) is 0 Å². The van der Waals surface area contributed by atoms with E-state index in [1.54, 1.807) is 0 Å². The zero-order chi connectivity index (χ0) is 8.23. The molecule has 1 atom stereocenters. The highest BCUT2D eigenvalue weighted by molar-refractivity contribution is 4.91. The van der Waals surface area contributed by atoms with Gasteiger partial charge in [-0.25, -0.2) is 0 Å². The number of piperazine rings is 1. The maximum absolute atomic E-state index is 3.39. The van der Waals surface area contributed by atoms with Gasteiger partial charge in [-0.1, -0.05) is 6.08 Å². The van der Waals surface area contributed by atoms with Crippen LogP contribution >= 0.6 is 0 Å². The lowest BCUT2D eigenvalue weighted by atomic mass is 10.3. The Balaban J connectivity index is 1.85. The number of nitrogens with one attached hydrogen (secondary N) is 3. The first-order chi connectivity index (χ1) is 5.97. The molecule has 1 fully saturated rings. The van der Waals surface area contributed by atoms with Crippen LogP contribution in [0, 0.1) is 0 Å². The van der Waals surface area contributed by atoms with Crippen molar-refractivity contribution < 1.29 is 0 Å². The quantitative estimate of drug-likeness (QED) is 0.464. The van der Waals surface area contributed by atoms with Crippen molar-refractivity contribution in [3.8, 4) is 0 Å². The van der Waals surface area contributed by atoms with Crippen molar-refractivity contribution in [2.45, 2.75) is 6.29 Å². The molecule has 2 heterocycles. The summed E-state index contributed by atoms with van der Waals surface area (Å²) in [6.07, 6.45) is 4.47. The normalized spacial score (nSPS) is 31.5. The molecule has 0 aromatic rings. The van der Waals surface area contributed by atoms with E-state index in [-0.39, 0.29) is 0 Å². The number of hydrogen-bond acceptors (Lipinski definition) is 4. The second-order valence-corrected chi connectivity index (χ2v) is 3.17. The van der Waals surface area contributed by atoms with Crippen LogP contribution in [-0.4, -0.2) is 43.9 Å². The van der Waals surface area contributed by atoms with Crippen LogP contribution in [0.2, 0.25) is 0 Å². The third-order valence-electron chi connectivity index (χ3n) is 2.32. The monoisotopic (exact) mass is 168 g/mol. The Labute approximate surface area is 73.0 Å². The molecule has 2 aliphatic rings. The molecule has 2 rings (SSSR count). The first kappa shape index (κ1) is 8.04. The smallest absolute Gasteiger partial charge is 0.134 e. The summed E-state index contributed by atoms with van der Waals surface area (Å²) in [5, 5.41) is 10.0. The lowest BCUT2D eigenvalue weighted by molar-refractivity contribution is 0.129. The van der Waals surface area contributed by atoms with Crippen molar-refractivity contribution >= 4 is 0 Å². The molecule has 68 valence electrons. The molecule has 0 aromatic carbocycles. The summed E-state index contributed by atoms with van der Waals surface area (Å²) in [6, 6.07) is 0. The molecule has 1 saturated heterocycles. The van der Waals surface area contributed by atoms with E-state index in [9.17, 15) is 0 Å². The third-order valence-corrected chi connectivity index (χ3v) is 2.32. The van der Waals surface area contributed by atoms with Crippen LogP contribution in [0.25, 0.3) is 0 Å². The maximum atomic E-state index is 3.39. The van der Waals surface area contributed by atoms with Crippen molar-refractivity contribution in [3.05, 3.63) is 12.3 Å². The van der Waals surface area contributed by atoms with Gasteiger partial charge in [0.05, 0.1) is 0 Å². The van der Waals surface area contributed by atoms with E-state index in [1.807, 2.05) is 6.20 Å². The molecule has 0 bridgehead atoms. The average Bonchev–Trinajstić information content (AvgIpc) is 2.21. The summed E-state index contributed by atoms with van der Waals surface area (Å²) in [6.45, 7) is 5.42. The summed E-state index contributed by atoms with van der Waals surface area (Å²) < 4.78 is 0. The minimum Gasteiger partial charge on any atom is -0.364 e. The molecule has 0 spiro atoms. The Morgan fingerprint density at radius 2 is 2.08 bits per heavy atom. The highest BCUT2D eigenvalue weighted by Crippen LogP contribution is 1.97. The van der Waals surface area contributed by atoms with E-state index < -0.39 is 0 Å². The van der Waals surface area contributed by atoms with Gasteiger partial charge in [0.2, 0.25) is 0 Å². The molecule has 3 N–H and O–H groups in total. The fraction of sp³-hybridized carbons (Fsp3) is 0.750.